The molecule has 8 heteroatoms. The number of fused-ring (bicyclic) bond motifs is 3. The van der Waals surface area contributed by atoms with Gasteiger partial charge in [0, 0.05) is 10.9 Å². The van der Waals surface area contributed by atoms with Crippen molar-refractivity contribution in [2.24, 2.45) is 11.8 Å². The average Bonchev–Trinajstić information content (AvgIpc) is 3.10. The zero-order valence-electron chi connectivity index (χ0n) is 15.5. The third-order valence-corrected chi connectivity index (χ3v) is 7.62. The number of carbonyl (C=O) groups is 3. The Kier molecular flexibility index (Phi) is 4.43. The summed E-state index contributed by atoms with van der Waals surface area (Å²) in [7, 11) is 0. The largest absolute Gasteiger partial charge is 0.481 e. The zero-order chi connectivity index (χ0) is 19.4. The minimum absolute atomic E-state index is 0.115. The first kappa shape index (κ1) is 18.1. The van der Waals surface area contributed by atoms with Crippen LogP contribution in [0.15, 0.2) is 0 Å². The zero-order valence-corrected chi connectivity index (χ0v) is 16.3. The molecular weight excluding hydrogens is 380 g/mol. The molecule has 3 fully saturated rings. The van der Waals surface area contributed by atoms with Gasteiger partial charge in [-0.15, -0.1) is 11.3 Å². The van der Waals surface area contributed by atoms with Crippen molar-refractivity contribution in [3.8, 4) is 0 Å². The van der Waals surface area contributed by atoms with Crippen LogP contribution in [0.2, 0.25) is 0 Å². The summed E-state index contributed by atoms with van der Waals surface area (Å²) >= 11 is 1.47. The molecular formula is C20H24N2O5S. The van der Waals surface area contributed by atoms with Gasteiger partial charge in [-0.3, -0.25) is 14.4 Å². The van der Waals surface area contributed by atoms with Gasteiger partial charge in [0.25, 0.3) is 5.91 Å². The fraction of sp³-hybridized carbons (Fsp3) is 0.650. The van der Waals surface area contributed by atoms with Crippen LogP contribution in [0.25, 0.3) is 0 Å². The number of rotatable bonds is 5. The Morgan fingerprint density at radius 3 is 2.43 bits per heavy atom. The summed E-state index contributed by atoms with van der Waals surface area (Å²) in [6.45, 7) is 0. The van der Waals surface area contributed by atoms with Gasteiger partial charge in [0.2, 0.25) is 5.91 Å². The Morgan fingerprint density at radius 1 is 1.00 bits per heavy atom. The number of hydrogen-bond donors (Lipinski definition) is 3. The second-order valence-corrected chi connectivity index (χ2v) is 9.44. The number of nitrogens with one attached hydrogen (secondary N) is 2. The number of amides is 2. The number of anilines is 1. The number of thiophene rings is 1. The Morgan fingerprint density at radius 2 is 1.71 bits per heavy atom. The molecule has 2 saturated heterocycles. The van der Waals surface area contributed by atoms with Gasteiger partial charge in [-0.2, -0.15) is 0 Å². The van der Waals surface area contributed by atoms with Gasteiger partial charge in [-0.05, 0) is 56.9 Å². The molecule has 1 saturated carbocycles. The number of aryl methyl sites for hydroxylation is 1. The monoisotopic (exact) mass is 404 g/mol. The molecule has 28 heavy (non-hydrogen) atoms. The van der Waals surface area contributed by atoms with Crippen LogP contribution >= 0.6 is 11.3 Å². The second kappa shape index (κ2) is 6.84. The minimum atomic E-state index is -0.982. The molecule has 4 aliphatic rings. The topological polar surface area (TPSA) is 105 Å². The summed E-state index contributed by atoms with van der Waals surface area (Å²) in [5.41, 5.74) is 1.65. The van der Waals surface area contributed by atoms with Gasteiger partial charge in [0.15, 0.2) is 0 Å². The smallest absolute Gasteiger partial charge is 0.310 e. The fourth-order valence-corrected chi connectivity index (χ4v) is 6.19. The molecule has 2 aliphatic heterocycles. The highest BCUT2D eigenvalue weighted by atomic mass is 32.1. The molecule has 5 rings (SSSR count). The number of aliphatic carboxylic acids is 1. The van der Waals surface area contributed by atoms with Crippen molar-refractivity contribution in [1.82, 2.24) is 5.32 Å². The van der Waals surface area contributed by atoms with Gasteiger partial charge in [0.05, 0.1) is 29.6 Å². The van der Waals surface area contributed by atoms with Crippen molar-refractivity contribution in [2.45, 2.75) is 69.6 Å². The van der Waals surface area contributed by atoms with E-state index in [-0.39, 0.29) is 30.1 Å². The van der Waals surface area contributed by atoms with Gasteiger partial charge in [-0.25, -0.2) is 0 Å². The van der Waals surface area contributed by atoms with Gasteiger partial charge in [-0.1, -0.05) is 0 Å². The predicted octanol–water partition coefficient (Wildman–Crippen LogP) is 2.34. The van der Waals surface area contributed by atoms with Crippen LogP contribution in [0.4, 0.5) is 5.00 Å². The van der Waals surface area contributed by atoms with Crippen LogP contribution in [0.1, 0.15) is 59.3 Å². The van der Waals surface area contributed by atoms with Crippen molar-refractivity contribution >= 4 is 34.1 Å². The molecule has 0 aromatic carbocycles. The van der Waals surface area contributed by atoms with E-state index in [0.717, 1.165) is 44.1 Å². The Labute approximate surface area is 166 Å². The second-order valence-electron chi connectivity index (χ2n) is 8.33. The van der Waals surface area contributed by atoms with E-state index in [2.05, 4.69) is 10.6 Å². The van der Waals surface area contributed by atoms with E-state index in [9.17, 15) is 19.5 Å². The summed E-state index contributed by atoms with van der Waals surface area (Å²) in [4.78, 5) is 38.8. The Hall–Kier alpha value is -1.93. The Balaban J connectivity index is 1.43. The summed E-state index contributed by atoms with van der Waals surface area (Å²) < 4.78 is 5.72. The highest BCUT2D eigenvalue weighted by molar-refractivity contribution is 7.17. The molecule has 1 aromatic heterocycles. The summed E-state index contributed by atoms with van der Waals surface area (Å²) in [5, 5.41) is 16.1. The normalized spacial score (nSPS) is 30.7. The molecule has 7 nitrogen and oxygen atoms in total. The van der Waals surface area contributed by atoms with Crippen LogP contribution in [0.5, 0.6) is 0 Å². The van der Waals surface area contributed by atoms with Crippen molar-refractivity contribution in [1.29, 1.82) is 0 Å². The molecule has 2 aliphatic carbocycles. The lowest BCUT2D eigenvalue weighted by Gasteiger charge is -2.23. The van der Waals surface area contributed by atoms with Gasteiger partial charge in [0.1, 0.15) is 5.00 Å². The summed E-state index contributed by atoms with van der Waals surface area (Å²) in [6, 6.07) is 0.241. The van der Waals surface area contributed by atoms with Crippen LogP contribution in [-0.4, -0.2) is 41.1 Å². The summed E-state index contributed by atoms with van der Waals surface area (Å²) in [5.74, 6) is -2.94. The number of ether oxygens (including phenoxy) is 1. The van der Waals surface area contributed by atoms with Crippen LogP contribution < -0.4 is 10.6 Å². The maximum Gasteiger partial charge on any atom is 0.310 e. The molecule has 150 valence electrons. The lowest BCUT2D eigenvalue weighted by atomic mass is 9.78. The molecule has 3 N–H and O–H groups in total. The van der Waals surface area contributed by atoms with E-state index in [1.54, 1.807) is 0 Å². The van der Waals surface area contributed by atoms with E-state index >= 15 is 0 Å². The quantitative estimate of drug-likeness (QED) is 0.699. The highest BCUT2D eigenvalue weighted by Gasteiger charge is 2.55. The van der Waals surface area contributed by atoms with Gasteiger partial charge < -0.3 is 20.5 Å². The molecule has 4 atom stereocenters. The highest BCUT2D eigenvalue weighted by Crippen LogP contribution is 2.45. The van der Waals surface area contributed by atoms with E-state index in [1.807, 2.05) is 0 Å². The number of hydrogen-bond acceptors (Lipinski definition) is 5. The van der Waals surface area contributed by atoms with Crippen LogP contribution in [0, 0.1) is 11.8 Å². The van der Waals surface area contributed by atoms with Crippen LogP contribution in [0.3, 0.4) is 0 Å². The molecule has 2 bridgehead atoms. The maximum absolute atomic E-state index is 13.1. The fourth-order valence-electron chi connectivity index (χ4n) is 4.90. The Bertz CT molecular complexity index is 846. The molecule has 1 aromatic rings. The van der Waals surface area contributed by atoms with Gasteiger partial charge >= 0.3 is 5.97 Å². The minimum Gasteiger partial charge on any atom is -0.481 e. The van der Waals surface area contributed by atoms with E-state index in [4.69, 9.17) is 4.74 Å². The number of carbonyl (C=O) groups excluding carboxylic acids is 2. The maximum atomic E-state index is 13.1. The first-order valence-electron chi connectivity index (χ1n) is 10.2. The van der Waals surface area contributed by atoms with E-state index < -0.39 is 17.8 Å². The van der Waals surface area contributed by atoms with Crippen LogP contribution in [-0.2, 0) is 27.2 Å². The molecule has 2 amide bonds. The number of carboxylic acids is 1. The first-order valence-corrected chi connectivity index (χ1v) is 11.0. The molecule has 0 radical (unpaired) electrons. The van der Waals surface area contributed by atoms with E-state index in [1.165, 1.54) is 16.2 Å². The lowest BCUT2D eigenvalue weighted by molar-refractivity contribution is -0.147. The molecule has 0 spiro atoms. The van der Waals surface area contributed by atoms with Crippen molar-refractivity contribution < 1.29 is 24.2 Å². The molecule has 3 heterocycles. The number of carboxylic acid groups (broad SMARTS) is 1. The predicted molar refractivity (Wildman–Crippen MR) is 103 cm³/mol. The average molecular weight is 404 g/mol. The van der Waals surface area contributed by atoms with E-state index in [0.29, 0.717) is 23.4 Å². The summed E-state index contributed by atoms with van der Waals surface area (Å²) in [6.07, 6.45) is 6.59. The van der Waals surface area contributed by atoms with Crippen molar-refractivity contribution in [2.75, 3.05) is 5.32 Å². The lowest BCUT2D eigenvalue weighted by Crippen LogP contribution is -2.41. The first-order chi connectivity index (χ1) is 13.5. The van der Waals surface area contributed by atoms with Crippen molar-refractivity contribution in [3.05, 3.63) is 16.0 Å². The SMILES string of the molecule is O=C(NC1CC1)c1c(NC(=O)[C@@H]2[C@@H](C(=O)O)[C@@H]3CC[C@H]2O3)sc2c1CCCC2. The molecule has 0 unspecified atom stereocenters. The standard InChI is InChI=1S/C20H24N2O5S/c23-17(21-9-5-6-9)14-10-3-1-2-4-13(10)28-19(14)22-18(24)15-11-7-8-12(27-11)16(15)20(25)26/h9,11-12,15-16H,1-8H2,(H,21,23)(H,22,24)(H,25,26)/t11-,12+,15+,16+/m1/s1. The third kappa shape index (κ3) is 3.03. The van der Waals surface area contributed by atoms with Crippen molar-refractivity contribution in [3.63, 3.8) is 0 Å². The third-order valence-electron chi connectivity index (χ3n) is 6.41.